The standard InChI is InChI=1S/C16H29N3S/c1-5-17-10-16-9-14(13(2)20-16)11-19-8-6-7-15(12-19)18(3)4/h9,15,17H,5-8,10-12H2,1-4H3. The number of hydrogen-bond acceptors (Lipinski definition) is 4. The molecular weight excluding hydrogens is 266 g/mol. The molecule has 0 radical (unpaired) electrons. The van der Waals surface area contributed by atoms with E-state index in [1.807, 2.05) is 11.3 Å². The monoisotopic (exact) mass is 295 g/mol. The Balaban J connectivity index is 1.93. The van der Waals surface area contributed by atoms with Crippen molar-refractivity contribution in [1.82, 2.24) is 15.1 Å². The van der Waals surface area contributed by atoms with Crippen molar-refractivity contribution in [3.8, 4) is 0 Å². The Labute approximate surface area is 128 Å². The van der Waals surface area contributed by atoms with E-state index in [-0.39, 0.29) is 0 Å². The first-order valence-corrected chi connectivity index (χ1v) is 8.59. The number of thiophene rings is 1. The summed E-state index contributed by atoms with van der Waals surface area (Å²) in [4.78, 5) is 7.97. The summed E-state index contributed by atoms with van der Waals surface area (Å²) in [6.07, 6.45) is 2.67. The zero-order chi connectivity index (χ0) is 14.5. The molecule has 1 saturated heterocycles. The van der Waals surface area contributed by atoms with Crippen LogP contribution < -0.4 is 5.32 Å². The second-order valence-corrected chi connectivity index (χ2v) is 7.41. The van der Waals surface area contributed by atoms with Crippen molar-refractivity contribution in [2.45, 2.75) is 45.8 Å². The lowest BCUT2D eigenvalue weighted by Crippen LogP contribution is -2.44. The SMILES string of the molecule is CCNCc1cc(CN2CCCC(N(C)C)C2)c(C)s1. The maximum atomic E-state index is 3.42. The topological polar surface area (TPSA) is 18.5 Å². The van der Waals surface area contributed by atoms with Gasteiger partial charge in [0.25, 0.3) is 0 Å². The summed E-state index contributed by atoms with van der Waals surface area (Å²) in [6.45, 7) is 10.1. The van der Waals surface area contributed by atoms with Crippen molar-refractivity contribution in [1.29, 1.82) is 0 Å². The average Bonchev–Trinajstić information content (AvgIpc) is 2.77. The molecule has 1 aliphatic rings. The highest BCUT2D eigenvalue weighted by Gasteiger charge is 2.22. The molecule has 1 unspecified atom stereocenters. The lowest BCUT2D eigenvalue weighted by Gasteiger charge is -2.36. The van der Waals surface area contributed by atoms with E-state index in [0.29, 0.717) is 0 Å². The molecule has 20 heavy (non-hydrogen) atoms. The third-order valence-corrected chi connectivity index (χ3v) is 5.32. The molecule has 1 fully saturated rings. The molecule has 0 spiro atoms. The summed E-state index contributed by atoms with van der Waals surface area (Å²) in [5, 5.41) is 3.42. The predicted molar refractivity (Wildman–Crippen MR) is 88.4 cm³/mol. The summed E-state index contributed by atoms with van der Waals surface area (Å²) >= 11 is 1.95. The van der Waals surface area contributed by atoms with Crippen LogP contribution in [0.1, 0.15) is 35.1 Å². The van der Waals surface area contributed by atoms with Crippen molar-refractivity contribution in [2.75, 3.05) is 33.7 Å². The Hall–Kier alpha value is -0.420. The Morgan fingerprint density at radius 1 is 1.45 bits per heavy atom. The Morgan fingerprint density at radius 3 is 2.95 bits per heavy atom. The normalized spacial score (nSPS) is 20.8. The third kappa shape index (κ3) is 4.29. The Morgan fingerprint density at radius 2 is 2.25 bits per heavy atom. The highest BCUT2D eigenvalue weighted by molar-refractivity contribution is 7.12. The summed E-state index contributed by atoms with van der Waals surface area (Å²) in [7, 11) is 4.41. The Bertz CT molecular complexity index is 414. The summed E-state index contributed by atoms with van der Waals surface area (Å²) in [6, 6.07) is 3.13. The number of nitrogens with one attached hydrogen (secondary N) is 1. The number of nitrogens with zero attached hydrogens (tertiary/aromatic N) is 2. The van der Waals surface area contributed by atoms with E-state index in [2.05, 4.69) is 49.1 Å². The van der Waals surface area contributed by atoms with E-state index in [0.717, 1.165) is 25.7 Å². The molecule has 2 heterocycles. The molecule has 114 valence electrons. The zero-order valence-corrected chi connectivity index (χ0v) is 14.2. The largest absolute Gasteiger partial charge is 0.312 e. The van der Waals surface area contributed by atoms with Gasteiger partial charge >= 0.3 is 0 Å². The van der Waals surface area contributed by atoms with Crippen molar-refractivity contribution >= 4 is 11.3 Å². The zero-order valence-electron chi connectivity index (χ0n) is 13.4. The molecule has 1 aromatic rings. The van der Waals surface area contributed by atoms with E-state index >= 15 is 0 Å². The van der Waals surface area contributed by atoms with Gasteiger partial charge in [-0.25, -0.2) is 0 Å². The van der Waals surface area contributed by atoms with Crippen LogP contribution in [0.4, 0.5) is 0 Å². The third-order valence-electron chi connectivity index (χ3n) is 4.23. The van der Waals surface area contributed by atoms with Gasteiger partial charge in [-0.2, -0.15) is 0 Å². The quantitative estimate of drug-likeness (QED) is 0.870. The molecule has 0 aliphatic carbocycles. The summed E-state index contributed by atoms with van der Waals surface area (Å²) in [5.74, 6) is 0. The molecule has 0 amide bonds. The molecule has 1 atom stereocenters. The van der Waals surface area contributed by atoms with Gasteiger partial charge in [0.1, 0.15) is 0 Å². The van der Waals surface area contributed by atoms with Crippen molar-refractivity contribution in [3.63, 3.8) is 0 Å². The lowest BCUT2D eigenvalue weighted by molar-refractivity contribution is 0.128. The van der Waals surface area contributed by atoms with Crippen molar-refractivity contribution in [3.05, 3.63) is 21.4 Å². The lowest BCUT2D eigenvalue weighted by atomic mass is 10.0. The number of likely N-dealkylation sites (N-methyl/N-ethyl adjacent to an activating group) is 1. The number of rotatable bonds is 6. The van der Waals surface area contributed by atoms with Crippen LogP contribution in [0.3, 0.4) is 0 Å². The van der Waals surface area contributed by atoms with Crippen LogP contribution in [0.2, 0.25) is 0 Å². The van der Waals surface area contributed by atoms with Gasteiger partial charge in [0.05, 0.1) is 0 Å². The van der Waals surface area contributed by atoms with E-state index in [9.17, 15) is 0 Å². The van der Waals surface area contributed by atoms with Crippen molar-refractivity contribution < 1.29 is 0 Å². The molecule has 3 nitrogen and oxygen atoms in total. The molecule has 1 aromatic heterocycles. The highest BCUT2D eigenvalue weighted by atomic mass is 32.1. The van der Waals surface area contributed by atoms with E-state index in [1.165, 1.54) is 41.2 Å². The van der Waals surface area contributed by atoms with Gasteiger partial charge in [-0.05, 0) is 58.6 Å². The molecule has 1 aliphatic heterocycles. The van der Waals surface area contributed by atoms with Gasteiger partial charge in [-0.15, -0.1) is 11.3 Å². The fraction of sp³-hybridized carbons (Fsp3) is 0.750. The first-order valence-electron chi connectivity index (χ1n) is 7.77. The van der Waals surface area contributed by atoms with Crippen LogP contribution in [-0.4, -0.2) is 49.6 Å². The minimum atomic E-state index is 0.726. The van der Waals surface area contributed by atoms with Gasteiger partial charge in [-0.1, -0.05) is 6.92 Å². The maximum Gasteiger partial charge on any atom is 0.0299 e. The molecular formula is C16H29N3S. The average molecular weight is 295 g/mol. The second kappa shape index (κ2) is 7.55. The van der Waals surface area contributed by atoms with Crippen molar-refractivity contribution in [2.24, 2.45) is 0 Å². The summed E-state index contributed by atoms with van der Waals surface area (Å²) < 4.78 is 0. The minimum absolute atomic E-state index is 0.726. The molecule has 0 bridgehead atoms. The summed E-state index contributed by atoms with van der Waals surface area (Å²) in [5.41, 5.74) is 1.53. The van der Waals surface area contributed by atoms with E-state index in [1.54, 1.807) is 0 Å². The van der Waals surface area contributed by atoms with Crippen LogP contribution >= 0.6 is 11.3 Å². The van der Waals surface area contributed by atoms with Crippen LogP contribution in [0.25, 0.3) is 0 Å². The number of aryl methyl sites for hydroxylation is 1. The number of hydrogen-bond donors (Lipinski definition) is 1. The van der Waals surface area contributed by atoms with Gasteiger partial charge in [-0.3, -0.25) is 4.90 Å². The van der Waals surface area contributed by atoms with Crippen LogP contribution in [0, 0.1) is 6.92 Å². The van der Waals surface area contributed by atoms with Gasteiger partial charge in [0, 0.05) is 35.4 Å². The smallest absolute Gasteiger partial charge is 0.0299 e. The second-order valence-electron chi connectivity index (χ2n) is 6.07. The fourth-order valence-corrected chi connectivity index (χ4v) is 3.94. The van der Waals surface area contributed by atoms with E-state index < -0.39 is 0 Å². The molecule has 1 N–H and O–H groups in total. The van der Waals surface area contributed by atoms with Crippen LogP contribution in [0.5, 0.6) is 0 Å². The van der Waals surface area contributed by atoms with Gasteiger partial charge in [0.2, 0.25) is 0 Å². The van der Waals surface area contributed by atoms with Crippen LogP contribution in [0.15, 0.2) is 6.07 Å². The highest BCUT2D eigenvalue weighted by Crippen LogP contribution is 2.24. The fourth-order valence-electron chi connectivity index (χ4n) is 2.92. The molecule has 0 aromatic carbocycles. The van der Waals surface area contributed by atoms with Gasteiger partial charge < -0.3 is 10.2 Å². The van der Waals surface area contributed by atoms with Gasteiger partial charge in [0.15, 0.2) is 0 Å². The minimum Gasteiger partial charge on any atom is -0.312 e. The Kier molecular flexibility index (Phi) is 6.02. The van der Waals surface area contributed by atoms with Crippen LogP contribution in [-0.2, 0) is 13.1 Å². The number of likely N-dealkylation sites (tertiary alicyclic amines) is 1. The number of piperidine rings is 1. The van der Waals surface area contributed by atoms with E-state index in [4.69, 9.17) is 0 Å². The predicted octanol–water partition coefficient (Wildman–Crippen LogP) is 2.69. The molecule has 4 heteroatoms. The maximum absolute atomic E-state index is 3.42. The molecule has 0 saturated carbocycles. The first-order chi connectivity index (χ1) is 9.60. The first kappa shape index (κ1) is 16.0. The molecule has 2 rings (SSSR count).